The second kappa shape index (κ2) is 6.92. The van der Waals surface area contributed by atoms with Crippen LogP contribution in [-0.2, 0) is 15.1 Å². The van der Waals surface area contributed by atoms with Crippen LogP contribution in [0.25, 0.3) is 0 Å². The number of amides is 2. The Morgan fingerprint density at radius 2 is 1.46 bits per heavy atom. The maximum atomic E-state index is 14.8. The summed E-state index contributed by atoms with van der Waals surface area (Å²) in [6.45, 7) is 3.89. The van der Waals surface area contributed by atoms with E-state index in [0.717, 1.165) is 33.6 Å². The van der Waals surface area contributed by atoms with E-state index in [4.69, 9.17) is 16.7 Å². The summed E-state index contributed by atoms with van der Waals surface area (Å²) in [4.78, 5) is 30.5. The van der Waals surface area contributed by atoms with Gasteiger partial charge in [0.2, 0.25) is 5.91 Å². The Bertz CT molecular complexity index is 1530. The highest BCUT2D eigenvalue weighted by Crippen LogP contribution is 2.66. The van der Waals surface area contributed by atoms with Gasteiger partial charge in [0.25, 0.3) is 5.91 Å². The molecule has 5 nitrogen and oxygen atoms in total. The minimum absolute atomic E-state index is 0.205. The summed E-state index contributed by atoms with van der Waals surface area (Å²) in [6, 6.07) is 25.4. The van der Waals surface area contributed by atoms with E-state index in [1.165, 1.54) is 4.90 Å². The van der Waals surface area contributed by atoms with Crippen LogP contribution in [0.4, 0.5) is 5.69 Å². The van der Waals surface area contributed by atoms with Crippen molar-refractivity contribution in [2.24, 2.45) is 5.92 Å². The van der Waals surface area contributed by atoms with Gasteiger partial charge in [-0.3, -0.25) is 14.3 Å². The lowest BCUT2D eigenvalue weighted by Gasteiger charge is -2.53. The standard InChI is InChI=1S/C29H22ClN3O2/c1-16-14-17(2)33(31-16)29-25-22-12-5-3-10-20(22)24(21-11-4-6-13-23(21)25)26(29)27(34)32(28(29)35)19-9-7-8-18(30)15-19/h3-15,24-26H,1-2H3. The quantitative estimate of drug-likeness (QED) is 0.365. The number of halogens is 1. The largest absolute Gasteiger partial charge is 0.274 e. The summed E-state index contributed by atoms with van der Waals surface area (Å²) in [5, 5.41) is 5.33. The van der Waals surface area contributed by atoms with Crippen molar-refractivity contribution in [1.82, 2.24) is 9.78 Å². The number of carbonyl (C=O) groups excluding carboxylic acids is 2. The predicted molar refractivity (Wildman–Crippen MR) is 134 cm³/mol. The summed E-state index contributed by atoms with van der Waals surface area (Å²) in [7, 11) is 0. The number of rotatable bonds is 2. The fourth-order valence-corrected chi connectivity index (χ4v) is 7.11. The molecule has 172 valence electrons. The first-order valence-corrected chi connectivity index (χ1v) is 12.2. The zero-order valence-electron chi connectivity index (χ0n) is 19.3. The van der Waals surface area contributed by atoms with Crippen molar-refractivity contribution in [3.05, 3.63) is 118 Å². The molecule has 1 fully saturated rings. The number of hydrogen-bond acceptors (Lipinski definition) is 3. The first kappa shape index (κ1) is 20.7. The Hall–Kier alpha value is -3.70. The molecule has 2 atom stereocenters. The van der Waals surface area contributed by atoms with Crippen LogP contribution in [0.3, 0.4) is 0 Å². The van der Waals surface area contributed by atoms with Crippen LogP contribution in [0.1, 0.15) is 45.5 Å². The minimum Gasteiger partial charge on any atom is -0.274 e. The van der Waals surface area contributed by atoms with Gasteiger partial charge >= 0.3 is 0 Å². The summed E-state index contributed by atoms with van der Waals surface area (Å²) >= 11 is 6.30. The van der Waals surface area contributed by atoms with Crippen molar-refractivity contribution < 1.29 is 9.59 Å². The highest BCUT2D eigenvalue weighted by molar-refractivity contribution is 6.32. The molecule has 1 aromatic heterocycles. The van der Waals surface area contributed by atoms with Crippen molar-refractivity contribution in [3.63, 3.8) is 0 Å². The summed E-state index contributed by atoms with van der Waals surface area (Å²) in [5.74, 6) is -1.67. The molecule has 2 unspecified atom stereocenters. The van der Waals surface area contributed by atoms with E-state index in [1.807, 2.05) is 48.9 Å². The fourth-order valence-electron chi connectivity index (χ4n) is 6.93. The van der Waals surface area contributed by atoms with E-state index >= 15 is 0 Å². The van der Waals surface area contributed by atoms with Gasteiger partial charge in [-0.25, -0.2) is 4.90 Å². The topological polar surface area (TPSA) is 55.2 Å². The van der Waals surface area contributed by atoms with E-state index in [0.29, 0.717) is 10.7 Å². The first-order chi connectivity index (χ1) is 16.9. The zero-order chi connectivity index (χ0) is 24.1. The minimum atomic E-state index is -1.20. The lowest BCUT2D eigenvalue weighted by atomic mass is 9.51. The van der Waals surface area contributed by atoms with Crippen LogP contribution in [0.5, 0.6) is 0 Å². The third-order valence-corrected chi connectivity index (χ3v) is 8.23. The second-order valence-electron chi connectivity index (χ2n) is 9.77. The van der Waals surface area contributed by atoms with Crippen LogP contribution in [0, 0.1) is 19.8 Å². The smallest absolute Gasteiger partial charge is 0.263 e. The number of imide groups is 1. The lowest BCUT2D eigenvalue weighted by molar-refractivity contribution is -0.129. The van der Waals surface area contributed by atoms with Gasteiger partial charge in [0.1, 0.15) is 0 Å². The zero-order valence-corrected chi connectivity index (χ0v) is 20.0. The molecule has 4 aliphatic rings. The molecule has 3 aromatic carbocycles. The molecule has 0 spiro atoms. The SMILES string of the molecule is Cc1cc(C)n(C23C(=O)N(c4cccc(Cl)c4)C(=O)C2C2c4ccccc4C3c3ccccc32)n1. The van der Waals surface area contributed by atoms with Gasteiger partial charge in [0.05, 0.1) is 17.3 Å². The second-order valence-corrected chi connectivity index (χ2v) is 10.2. The van der Waals surface area contributed by atoms with Gasteiger partial charge < -0.3 is 0 Å². The molecule has 0 N–H and O–H groups in total. The van der Waals surface area contributed by atoms with Gasteiger partial charge in [-0.15, -0.1) is 0 Å². The highest BCUT2D eigenvalue weighted by atomic mass is 35.5. The van der Waals surface area contributed by atoms with E-state index in [9.17, 15) is 9.59 Å². The monoisotopic (exact) mass is 479 g/mol. The molecule has 6 heteroatoms. The normalized spacial score (nSPS) is 26.0. The summed E-state index contributed by atoms with van der Waals surface area (Å²) in [5.41, 5.74) is 5.40. The molecule has 8 rings (SSSR count). The van der Waals surface area contributed by atoms with E-state index in [1.54, 1.807) is 24.3 Å². The molecular formula is C29H22ClN3O2. The lowest BCUT2D eigenvalue weighted by Crippen LogP contribution is -2.58. The number of anilines is 1. The Labute approximate surface area is 207 Å². The summed E-state index contributed by atoms with van der Waals surface area (Å²) < 4.78 is 1.85. The Balaban J connectivity index is 1.61. The van der Waals surface area contributed by atoms with Crippen LogP contribution in [-0.4, -0.2) is 21.6 Å². The fraction of sp³-hybridized carbons (Fsp3) is 0.207. The Kier molecular flexibility index (Phi) is 4.09. The average Bonchev–Trinajstić information content (AvgIpc) is 3.32. The third kappa shape index (κ3) is 2.41. The molecule has 2 heterocycles. The van der Waals surface area contributed by atoms with Crippen molar-refractivity contribution in [2.45, 2.75) is 31.2 Å². The van der Waals surface area contributed by atoms with Crippen LogP contribution in [0.2, 0.25) is 5.02 Å². The van der Waals surface area contributed by atoms with Crippen LogP contribution >= 0.6 is 11.6 Å². The van der Waals surface area contributed by atoms with Gasteiger partial charge in [-0.05, 0) is 60.4 Å². The molecule has 1 aliphatic heterocycles. The number of nitrogens with zero attached hydrogens (tertiary/aromatic N) is 3. The number of benzene rings is 3. The molecule has 3 aliphatic carbocycles. The Morgan fingerprint density at radius 1 is 0.829 bits per heavy atom. The number of carbonyl (C=O) groups is 2. The summed E-state index contributed by atoms with van der Waals surface area (Å²) in [6.07, 6.45) is 0. The van der Waals surface area contributed by atoms with Crippen molar-refractivity contribution >= 4 is 29.1 Å². The molecule has 1 saturated heterocycles. The highest BCUT2D eigenvalue weighted by Gasteiger charge is 2.73. The Morgan fingerprint density at radius 3 is 2.03 bits per heavy atom. The van der Waals surface area contributed by atoms with E-state index in [-0.39, 0.29) is 23.7 Å². The van der Waals surface area contributed by atoms with Crippen molar-refractivity contribution in [2.75, 3.05) is 4.90 Å². The van der Waals surface area contributed by atoms with Gasteiger partial charge in [0, 0.05) is 22.6 Å². The maximum Gasteiger partial charge on any atom is 0.263 e. The van der Waals surface area contributed by atoms with Crippen LogP contribution in [0.15, 0.2) is 78.9 Å². The molecule has 35 heavy (non-hydrogen) atoms. The van der Waals surface area contributed by atoms with Gasteiger partial charge in [-0.2, -0.15) is 5.10 Å². The molecule has 2 amide bonds. The molecule has 0 saturated carbocycles. The molecule has 4 aromatic rings. The number of aryl methyl sites for hydroxylation is 2. The van der Waals surface area contributed by atoms with E-state index in [2.05, 4.69) is 24.3 Å². The van der Waals surface area contributed by atoms with Gasteiger partial charge in [0.15, 0.2) is 5.54 Å². The molecule has 2 bridgehead atoms. The maximum absolute atomic E-state index is 14.8. The van der Waals surface area contributed by atoms with Gasteiger partial charge in [-0.1, -0.05) is 66.2 Å². The molecule has 0 radical (unpaired) electrons. The number of aromatic nitrogens is 2. The third-order valence-electron chi connectivity index (χ3n) is 7.99. The van der Waals surface area contributed by atoms with Crippen molar-refractivity contribution in [3.8, 4) is 0 Å². The first-order valence-electron chi connectivity index (χ1n) is 11.8. The average molecular weight is 480 g/mol. The van der Waals surface area contributed by atoms with E-state index < -0.39 is 11.5 Å². The predicted octanol–water partition coefficient (Wildman–Crippen LogP) is 5.33. The van der Waals surface area contributed by atoms with Crippen LogP contribution < -0.4 is 4.90 Å². The molecular weight excluding hydrogens is 458 g/mol. The number of hydrogen-bond donors (Lipinski definition) is 0. The van der Waals surface area contributed by atoms with Crippen molar-refractivity contribution in [1.29, 1.82) is 0 Å².